The molecule has 1 aromatic rings. The highest BCUT2D eigenvalue weighted by atomic mass is 16.7. The van der Waals surface area contributed by atoms with Gasteiger partial charge in [-0.15, -0.1) is 0 Å². The molecule has 0 heterocycles. The molecule has 0 saturated heterocycles. The Hall–Kier alpha value is -1.59. The Morgan fingerprint density at radius 1 is 1.38 bits per heavy atom. The van der Waals surface area contributed by atoms with Crippen LogP contribution in [0.3, 0.4) is 0 Å². The molecule has 0 radical (unpaired) electrons. The monoisotopic (exact) mass is 225 g/mol. The van der Waals surface area contributed by atoms with E-state index in [0.717, 1.165) is 0 Å². The molecule has 5 heteroatoms. The van der Waals surface area contributed by atoms with Crippen LogP contribution in [0.15, 0.2) is 24.3 Å². The number of nitrogens with one attached hydrogen (secondary N) is 1. The lowest BCUT2D eigenvalue weighted by molar-refractivity contribution is -0.125. The lowest BCUT2D eigenvalue weighted by atomic mass is 10.3. The maximum absolute atomic E-state index is 11.4. The Labute approximate surface area is 94.3 Å². The Morgan fingerprint density at radius 2 is 2.19 bits per heavy atom. The zero-order valence-electron chi connectivity index (χ0n) is 9.36. The molecule has 0 aromatic heterocycles. The van der Waals surface area contributed by atoms with Crippen LogP contribution in [0.25, 0.3) is 0 Å². The molecule has 88 valence electrons. The van der Waals surface area contributed by atoms with Crippen LogP contribution in [0.2, 0.25) is 0 Å². The minimum atomic E-state index is -0.231. The summed E-state index contributed by atoms with van der Waals surface area (Å²) in [7, 11) is 3.07. The highest BCUT2D eigenvalue weighted by Gasteiger charge is 2.02. The molecule has 16 heavy (non-hydrogen) atoms. The molecule has 0 spiro atoms. The van der Waals surface area contributed by atoms with Gasteiger partial charge in [-0.3, -0.25) is 4.79 Å². The summed E-state index contributed by atoms with van der Waals surface area (Å²) < 4.78 is 14.6. The van der Waals surface area contributed by atoms with Crippen LogP contribution in [-0.4, -0.2) is 33.5 Å². The second kappa shape index (κ2) is 6.81. The summed E-state index contributed by atoms with van der Waals surface area (Å²) >= 11 is 0. The largest absolute Gasteiger partial charge is 0.497 e. The average molecular weight is 225 g/mol. The first kappa shape index (κ1) is 12.5. The van der Waals surface area contributed by atoms with E-state index in [1.54, 1.807) is 31.4 Å². The van der Waals surface area contributed by atoms with Crippen LogP contribution >= 0.6 is 0 Å². The van der Waals surface area contributed by atoms with Crippen molar-refractivity contribution in [3.05, 3.63) is 24.3 Å². The van der Waals surface area contributed by atoms with Crippen molar-refractivity contribution in [2.45, 2.75) is 0 Å². The second-order valence-electron chi connectivity index (χ2n) is 3.04. The van der Waals surface area contributed by atoms with Crippen molar-refractivity contribution in [2.75, 3.05) is 32.9 Å². The molecular weight excluding hydrogens is 210 g/mol. The van der Waals surface area contributed by atoms with Crippen LogP contribution in [-0.2, 0) is 14.3 Å². The average Bonchev–Trinajstić information content (AvgIpc) is 2.29. The van der Waals surface area contributed by atoms with Gasteiger partial charge in [0.1, 0.15) is 19.1 Å². The number of hydrogen-bond acceptors (Lipinski definition) is 4. The number of ether oxygens (including phenoxy) is 3. The maximum atomic E-state index is 11.4. The topological polar surface area (TPSA) is 56.8 Å². The molecule has 1 aromatic carbocycles. The molecule has 0 saturated carbocycles. The lowest BCUT2D eigenvalue weighted by Gasteiger charge is -2.07. The predicted octanol–water partition coefficient (Wildman–Crippen LogP) is 1.25. The molecule has 5 nitrogen and oxygen atoms in total. The van der Waals surface area contributed by atoms with Gasteiger partial charge in [0.2, 0.25) is 5.91 Å². The summed E-state index contributed by atoms with van der Waals surface area (Å²) in [5.41, 5.74) is 0.672. The Kier molecular flexibility index (Phi) is 5.31. The van der Waals surface area contributed by atoms with Gasteiger partial charge < -0.3 is 19.5 Å². The first-order valence-electron chi connectivity index (χ1n) is 4.77. The smallest absolute Gasteiger partial charge is 0.250 e. The van der Waals surface area contributed by atoms with Crippen LogP contribution in [0.5, 0.6) is 5.75 Å². The third-order valence-electron chi connectivity index (χ3n) is 1.79. The second-order valence-corrected chi connectivity index (χ2v) is 3.04. The first-order valence-corrected chi connectivity index (χ1v) is 4.77. The van der Waals surface area contributed by atoms with Crippen molar-refractivity contribution < 1.29 is 19.0 Å². The van der Waals surface area contributed by atoms with Crippen LogP contribution in [0.4, 0.5) is 5.69 Å². The van der Waals surface area contributed by atoms with Gasteiger partial charge in [0, 0.05) is 18.9 Å². The fourth-order valence-corrected chi connectivity index (χ4v) is 1.12. The summed E-state index contributed by atoms with van der Waals surface area (Å²) in [6, 6.07) is 7.10. The minimum Gasteiger partial charge on any atom is -0.497 e. The number of carbonyl (C=O) groups is 1. The number of methoxy groups -OCH3 is 2. The lowest BCUT2D eigenvalue weighted by Crippen LogP contribution is -2.18. The van der Waals surface area contributed by atoms with Crippen LogP contribution < -0.4 is 10.1 Å². The van der Waals surface area contributed by atoms with Crippen molar-refractivity contribution in [1.82, 2.24) is 0 Å². The fourth-order valence-electron chi connectivity index (χ4n) is 1.12. The van der Waals surface area contributed by atoms with Crippen LogP contribution in [0.1, 0.15) is 0 Å². The van der Waals surface area contributed by atoms with E-state index in [1.807, 2.05) is 0 Å². The van der Waals surface area contributed by atoms with Gasteiger partial charge in [0.25, 0.3) is 0 Å². The van der Waals surface area contributed by atoms with Crippen molar-refractivity contribution in [3.63, 3.8) is 0 Å². The number of carbonyl (C=O) groups excluding carboxylic acids is 1. The van der Waals surface area contributed by atoms with E-state index in [2.05, 4.69) is 10.1 Å². The summed E-state index contributed by atoms with van der Waals surface area (Å²) in [4.78, 5) is 11.4. The van der Waals surface area contributed by atoms with E-state index in [9.17, 15) is 4.79 Å². The van der Waals surface area contributed by atoms with Crippen LogP contribution in [0, 0.1) is 0 Å². The number of amides is 1. The summed E-state index contributed by atoms with van der Waals surface area (Å²) in [6.07, 6.45) is 0. The fraction of sp³-hybridized carbons (Fsp3) is 0.364. The Morgan fingerprint density at radius 3 is 2.88 bits per heavy atom. The third-order valence-corrected chi connectivity index (χ3v) is 1.79. The van der Waals surface area contributed by atoms with Gasteiger partial charge >= 0.3 is 0 Å². The SMILES string of the molecule is COCOCC(=O)Nc1cccc(OC)c1. The van der Waals surface area contributed by atoms with Gasteiger partial charge in [-0.25, -0.2) is 0 Å². The van der Waals surface area contributed by atoms with E-state index in [0.29, 0.717) is 11.4 Å². The van der Waals surface area contributed by atoms with E-state index < -0.39 is 0 Å². The molecule has 0 bridgehead atoms. The molecule has 0 unspecified atom stereocenters. The normalized spacial score (nSPS) is 9.88. The minimum absolute atomic E-state index is 0.0367. The quantitative estimate of drug-likeness (QED) is 0.585. The van der Waals surface area contributed by atoms with E-state index >= 15 is 0 Å². The number of anilines is 1. The molecule has 0 aliphatic carbocycles. The molecule has 1 rings (SSSR count). The van der Waals surface area contributed by atoms with Crippen molar-refractivity contribution in [1.29, 1.82) is 0 Å². The van der Waals surface area contributed by atoms with Gasteiger partial charge in [-0.2, -0.15) is 0 Å². The Bertz CT molecular complexity index is 341. The van der Waals surface area contributed by atoms with Crippen molar-refractivity contribution in [3.8, 4) is 5.75 Å². The molecule has 0 aliphatic rings. The summed E-state index contributed by atoms with van der Waals surface area (Å²) in [5, 5.41) is 2.68. The summed E-state index contributed by atoms with van der Waals surface area (Å²) in [5.74, 6) is 0.459. The number of hydrogen-bond donors (Lipinski definition) is 1. The molecule has 1 amide bonds. The highest BCUT2D eigenvalue weighted by molar-refractivity contribution is 5.91. The number of rotatable bonds is 6. The first-order chi connectivity index (χ1) is 7.76. The zero-order chi connectivity index (χ0) is 11.8. The highest BCUT2D eigenvalue weighted by Crippen LogP contribution is 2.16. The van der Waals surface area contributed by atoms with Gasteiger partial charge in [-0.05, 0) is 12.1 Å². The van der Waals surface area contributed by atoms with Gasteiger partial charge in [-0.1, -0.05) is 6.07 Å². The molecule has 0 atom stereocenters. The standard InChI is InChI=1S/C11H15NO4/c1-14-8-16-7-11(13)12-9-4-3-5-10(6-9)15-2/h3-6H,7-8H2,1-2H3,(H,12,13). The molecule has 1 N–H and O–H groups in total. The van der Waals surface area contributed by atoms with Crippen molar-refractivity contribution >= 4 is 11.6 Å². The zero-order valence-corrected chi connectivity index (χ0v) is 9.36. The molecule has 0 aliphatic heterocycles. The van der Waals surface area contributed by atoms with E-state index in [4.69, 9.17) is 9.47 Å². The number of benzene rings is 1. The Balaban J connectivity index is 2.43. The van der Waals surface area contributed by atoms with E-state index in [1.165, 1.54) is 7.11 Å². The predicted molar refractivity (Wildman–Crippen MR) is 59.5 cm³/mol. The third kappa shape index (κ3) is 4.29. The van der Waals surface area contributed by atoms with Crippen molar-refractivity contribution in [2.24, 2.45) is 0 Å². The van der Waals surface area contributed by atoms with Gasteiger partial charge in [0.05, 0.1) is 7.11 Å². The molecule has 0 fully saturated rings. The maximum Gasteiger partial charge on any atom is 0.250 e. The van der Waals surface area contributed by atoms with Gasteiger partial charge in [0.15, 0.2) is 0 Å². The van der Waals surface area contributed by atoms with E-state index in [-0.39, 0.29) is 19.3 Å². The summed E-state index contributed by atoms with van der Waals surface area (Å²) in [6.45, 7) is 0.0661. The molecular formula is C11H15NO4.